The zero-order chi connectivity index (χ0) is 29.4. The van der Waals surface area contributed by atoms with Gasteiger partial charge in [-0.25, -0.2) is 27.6 Å². The van der Waals surface area contributed by atoms with Crippen LogP contribution in [0.15, 0.2) is 47.0 Å². The minimum Gasteiger partial charge on any atom is -0.337 e. The second kappa shape index (κ2) is 13.6. The van der Waals surface area contributed by atoms with Gasteiger partial charge in [-0.3, -0.25) is 14.6 Å². The fraction of sp³-hybridized carbons (Fsp3) is 0.538. The maximum absolute atomic E-state index is 13.1. The average Bonchev–Trinajstić information content (AvgIpc) is 3.03. The van der Waals surface area contributed by atoms with Crippen LogP contribution in [0.25, 0.3) is 0 Å². The molecular formula is C26H37N5O8S. The summed E-state index contributed by atoms with van der Waals surface area (Å²) in [4.78, 5) is 63.7. The molecule has 13 nitrogen and oxygen atoms in total. The first-order chi connectivity index (χ1) is 18.9. The fourth-order valence-electron chi connectivity index (χ4n) is 4.62. The minimum absolute atomic E-state index is 0.0853. The van der Waals surface area contributed by atoms with Gasteiger partial charge >= 0.3 is 24.0 Å². The molecule has 2 N–H and O–H groups in total. The Hall–Kier alpha value is -3.65. The largest absolute Gasteiger partial charge is 0.391 e. The van der Waals surface area contributed by atoms with Crippen molar-refractivity contribution in [1.29, 1.82) is 0 Å². The zero-order valence-corrected chi connectivity index (χ0v) is 24.0. The van der Waals surface area contributed by atoms with Crippen LogP contribution in [0.3, 0.4) is 0 Å². The molecule has 0 aliphatic carbocycles. The van der Waals surface area contributed by atoms with Crippen molar-refractivity contribution in [2.45, 2.75) is 70.0 Å². The molecule has 220 valence electrons. The lowest BCUT2D eigenvalue weighted by Crippen LogP contribution is -2.49. The first-order valence-corrected chi connectivity index (χ1v) is 14.9. The lowest BCUT2D eigenvalue weighted by Gasteiger charge is -2.38. The van der Waals surface area contributed by atoms with Crippen molar-refractivity contribution in [1.82, 2.24) is 25.7 Å². The second-order valence-electron chi connectivity index (χ2n) is 10.1. The van der Waals surface area contributed by atoms with Crippen LogP contribution in [-0.4, -0.2) is 91.0 Å². The standard InChI is InChI=1S/C26H37N5O8S/c1-18(2)29(15-16-40(36,37)21-11-6-5-7-12-21)26(35)31-38-23(32)17-22(24(33)39-31)28-25(34)27-13-14-30-19(3)9-8-10-20(30)4/h5-7,11-12,17-20H,8-10,13-16H2,1-4H3,(H2,27,28,34). The number of benzene rings is 1. The van der Waals surface area contributed by atoms with E-state index in [0.717, 1.165) is 17.7 Å². The van der Waals surface area contributed by atoms with Gasteiger partial charge in [-0.05, 0) is 52.7 Å². The van der Waals surface area contributed by atoms with Gasteiger partial charge in [0.2, 0.25) is 0 Å². The Bertz CT molecular complexity index is 1210. The highest BCUT2D eigenvalue weighted by Crippen LogP contribution is 2.21. The number of urea groups is 2. The van der Waals surface area contributed by atoms with E-state index in [4.69, 9.17) is 9.68 Å². The molecule has 2 atom stereocenters. The highest BCUT2D eigenvalue weighted by atomic mass is 32.2. The van der Waals surface area contributed by atoms with Crippen molar-refractivity contribution < 1.29 is 37.3 Å². The molecule has 4 amide bonds. The molecule has 0 bridgehead atoms. The number of carbonyl (C=O) groups excluding carboxylic acids is 4. The number of nitrogens with one attached hydrogen (secondary N) is 2. The number of piperidine rings is 1. The van der Waals surface area contributed by atoms with E-state index in [1.807, 2.05) is 0 Å². The van der Waals surface area contributed by atoms with Crippen LogP contribution in [0.2, 0.25) is 0 Å². The molecule has 2 aliphatic rings. The smallest absolute Gasteiger partial charge is 0.337 e. The molecule has 14 heteroatoms. The quantitative estimate of drug-likeness (QED) is 0.447. The topological polar surface area (TPSA) is 155 Å². The molecule has 1 saturated heterocycles. The lowest BCUT2D eigenvalue weighted by molar-refractivity contribution is -0.287. The van der Waals surface area contributed by atoms with Crippen molar-refractivity contribution in [3.8, 4) is 0 Å². The zero-order valence-electron chi connectivity index (χ0n) is 23.2. The van der Waals surface area contributed by atoms with Crippen molar-refractivity contribution >= 4 is 33.8 Å². The molecule has 2 heterocycles. The van der Waals surface area contributed by atoms with Crippen LogP contribution in [0, 0.1) is 0 Å². The Labute approximate surface area is 234 Å². The monoisotopic (exact) mass is 579 g/mol. The first-order valence-electron chi connectivity index (χ1n) is 13.2. The summed E-state index contributed by atoms with van der Waals surface area (Å²) in [6.07, 6.45) is 4.04. The van der Waals surface area contributed by atoms with Crippen LogP contribution in [-0.2, 0) is 29.1 Å². The van der Waals surface area contributed by atoms with Crippen molar-refractivity contribution in [2.75, 3.05) is 25.4 Å². The normalized spacial score (nSPS) is 20.2. The number of hydroxylamine groups is 2. The molecule has 1 fully saturated rings. The molecule has 1 aromatic rings. The summed E-state index contributed by atoms with van der Waals surface area (Å²) in [7, 11) is -3.72. The van der Waals surface area contributed by atoms with E-state index >= 15 is 0 Å². The molecule has 2 aliphatic heterocycles. The van der Waals surface area contributed by atoms with Crippen molar-refractivity contribution in [3.63, 3.8) is 0 Å². The maximum atomic E-state index is 13.1. The summed E-state index contributed by atoms with van der Waals surface area (Å²) in [5.41, 5.74) is -0.528. The highest BCUT2D eigenvalue weighted by Gasteiger charge is 2.35. The Kier molecular flexibility index (Phi) is 10.5. The van der Waals surface area contributed by atoms with Gasteiger partial charge in [0.25, 0.3) is 0 Å². The van der Waals surface area contributed by atoms with Gasteiger partial charge in [0.1, 0.15) is 5.70 Å². The van der Waals surface area contributed by atoms with Gasteiger partial charge in [0, 0.05) is 43.0 Å². The van der Waals surface area contributed by atoms with E-state index in [-0.39, 0.29) is 16.7 Å². The van der Waals surface area contributed by atoms with Crippen LogP contribution >= 0.6 is 0 Å². The number of hydrogen-bond acceptors (Lipinski definition) is 9. The molecule has 1 aromatic carbocycles. The van der Waals surface area contributed by atoms with Crippen LogP contribution in [0.4, 0.5) is 9.59 Å². The third-order valence-electron chi connectivity index (χ3n) is 6.83. The van der Waals surface area contributed by atoms with Gasteiger partial charge in [0.05, 0.1) is 16.7 Å². The summed E-state index contributed by atoms with van der Waals surface area (Å²) in [5, 5.41) is 4.99. The SMILES string of the molecule is CC(C)N(CCS(=O)(=O)c1ccccc1)C(=O)N1OC(=O)C=C(NC(=O)NCCN2C(C)CCCC2C)C(=O)O1. The summed E-state index contributed by atoms with van der Waals surface area (Å²) >= 11 is 0. The van der Waals surface area contributed by atoms with E-state index in [1.54, 1.807) is 32.0 Å². The summed E-state index contributed by atoms with van der Waals surface area (Å²) in [6.45, 7) is 8.19. The summed E-state index contributed by atoms with van der Waals surface area (Å²) in [5.74, 6) is -2.78. The maximum Gasteiger partial charge on any atom is 0.391 e. The number of sulfone groups is 1. The molecule has 3 rings (SSSR count). The number of carbonyl (C=O) groups is 4. The Morgan fingerprint density at radius 1 is 1.07 bits per heavy atom. The molecule has 40 heavy (non-hydrogen) atoms. The predicted octanol–water partition coefficient (Wildman–Crippen LogP) is 1.97. The number of rotatable bonds is 9. The van der Waals surface area contributed by atoms with E-state index in [0.29, 0.717) is 31.2 Å². The van der Waals surface area contributed by atoms with E-state index < -0.39 is 51.3 Å². The van der Waals surface area contributed by atoms with Gasteiger partial charge < -0.3 is 15.5 Å². The number of nitrogens with zero attached hydrogens (tertiary/aromatic N) is 3. The number of amides is 4. The van der Waals surface area contributed by atoms with Gasteiger partial charge in [-0.2, -0.15) is 0 Å². The Morgan fingerprint density at radius 2 is 1.73 bits per heavy atom. The molecule has 0 aromatic heterocycles. The van der Waals surface area contributed by atoms with E-state index in [2.05, 4.69) is 29.4 Å². The first kappa shape index (κ1) is 30.9. The minimum atomic E-state index is -3.72. The van der Waals surface area contributed by atoms with E-state index in [1.165, 1.54) is 18.6 Å². The molecule has 2 unspecified atom stereocenters. The fourth-order valence-corrected chi connectivity index (χ4v) is 5.86. The third-order valence-corrected chi connectivity index (χ3v) is 8.54. The molecule has 0 spiro atoms. The van der Waals surface area contributed by atoms with Crippen molar-refractivity contribution in [2.24, 2.45) is 0 Å². The summed E-state index contributed by atoms with van der Waals surface area (Å²) in [6, 6.07) is 6.20. The Balaban J connectivity index is 1.57. The highest BCUT2D eigenvalue weighted by molar-refractivity contribution is 7.91. The second-order valence-corrected chi connectivity index (χ2v) is 12.2. The predicted molar refractivity (Wildman–Crippen MR) is 144 cm³/mol. The van der Waals surface area contributed by atoms with Gasteiger partial charge in [0.15, 0.2) is 9.84 Å². The average molecular weight is 580 g/mol. The van der Waals surface area contributed by atoms with Crippen LogP contribution in [0.1, 0.15) is 47.0 Å². The van der Waals surface area contributed by atoms with Crippen LogP contribution < -0.4 is 10.6 Å². The van der Waals surface area contributed by atoms with E-state index in [9.17, 15) is 27.6 Å². The van der Waals surface area contributed by atoms with Gasteiger partial charge in [-0.15, -0.1) is 0 Å². The third kappa shape index (κ3) is 8.18. The summed E-state index contributed by atoms with van der Waals surface area (Å²) < 4.78 is 25.4. The van der Waals surface area contributed by atoms with Crippen LogP contribution in [0.5, 0.6) is 0 Å². The lowest BCUT2D eigenvalue weighted by atomic mass is 9.98. The van der Waals surface area contributed by atoms with Crippen molar-refractivity contribution in [3.05, 3.63) is 42.1 Å². The molecule has 0 saturated carbocycles. The number of likely N-dealkylation sites (tertiary alicyclic amines) is 1. The van der Waals surface area contributed by atoms with Gasteiger partial charge in [-0.1, -0.05) is 24.6 Å². The Morgan fingerprint density at radius 3 is 2.35 bits per heavy atom. The molecular weight excluding hydrogens is 542 g/mol. The number of hydrogen-bond donors (Lipinski definition) is 2. The molecule has 0 radical (unpaired) electrons.